The number of nitrogens with two attached hydrogens (primary N) is 1. The zero-order chi connectivity index (χ0) is 21.1. The van der Waals surface area contributed by atoms with E-state index in [9.17, 15) is 9.59 Å². The van der Waals surface area contributed by atoms with Crippen LogP contribution in [0.15, 0.2) is 35.1 Å². The van der Waals surface area contributed by atoms with Crippen LogP contribution in [0.2, 0.25) is 0 Å². The first kappa shape index (κ1) is 20.5. The molecule has 3 aromatic rings. The topological polar surface area (TPSA) is 106 Å². The van der Waals surface area contributed by atoms with Crippen molar-refractivity contribution in [3.05, 3.63) is 57.5 Å². The third kappa shape index (κ3) is 4.68. The van der Waals surface area contributed by atoms with Gasteiger partial charge in [-0.3, -0.25) is 14.5 Å². The minimum absolute atomic E-state index is 0.0483. The summed E-state index contributed by atoms with van der Waals surface area (Å²) in [5.41, 5.74) is 8.45. The summed E-state index contributed by atoms with van der Waals surface area (Å²) in [5, 5.41) is 8.31. The number of primary amides is 1. The number of hydrogen-bond acceptors (Lipinski definition) is 7. The number of piperidine rings is 1. The number of aromatic nitrogens is 3. The maximum Gasteiger partial charge on any atom is 0.275 e. The number of rotatable bonds is 7. The number of benzene rings is 1. The van der Waals surface area contributed by atoms with Crippen LogP contribution in [0.25, 0.3) is 4.96 Å². The quantitative estimate of drug-likeness (QED) is 0.599. The maximum atomic E-state index is 12.2. The number of fused-ring (bicyclic) bond motifs is 1. The van der Waals surface area contributed by atoms with Crippen LogP contribution in [0.5, 0.6) is 0 Å². The number of anilines is 1. The van der Waals surface area contributed by atoms with E-state index >= 15 is 0 Å². The van der Waals surface area contributed by atoms with Crippen LogP contribution in [0.1, 0.15) is 36.6 Å². The Morgan fingerprint density at radius 2 is 2.17 bits per heavy atom. The number of carbonyl (C=O) groups is 1. The predicted octanol–water partition coefficient (Wildman–Crippen LogP) is 2.02. The molecule has 1 fully saturated rings. The number of nitrogens with one attached hydrogen (secondary N) is 1. The second-order valence-corrected chi connectivity index (χ2v) is 8.65. The van der Waals surface area contributed by atoms with Crippen molar-refractivity contribution in [1.82, 2.24) is 19.5 Å². The van der Waals surface area contributed by atoms with Crippen molar-refractivity contribution < 1.29 is 4.79 Å². The highest BCUT2D eigenvalue weighted by Gasteiger charge is 2.23. The Labute approximate surface area is 178 Å². The molecule has 158 valence electrons. The molecule has 8 nitrogen and oxygen atoms in total. The zero-order valence-corrected chi connectivity index (χ0v) is 17.8. The summed E-state index contributed by atoms with van der Waals surface area (Å²) < 4.78 is 1.34. The molecule has 0 bridgehead atoms. The van der Waals surface area contributed by atoms with E-state index in [1.54, 1.807) is 0 Å². The molecule has 1 atom stereocenters. The van der Waals surface area contributed by atoms with Gasteiger partial charge in [-0.05, 0) is 36.9 Å². The van der Waals surface area contributed by atoms with Gasteiger partial charge in [-0.25, -0.2) is 4.98 Å². The molecule has 1 aromatic carbocycles. The molecule has 2 aromatic heterocycles. The smallest absolute Gasteiger partial charge is 0.275 e. The molecule has 0 aliphatic carbocycles. The first-order valence-corrected chi connectivity index (χ1v) is 11.1. The second kappa shape index (κ2) is 8.93. The lowest BCUT2D eigenvalue weighted by Crippen LogP contribution is -2.40. The summed E-state index contributed by atoms with van der Waals surface area (Å²) in [6, 6.07) is 9.90. The molecule has 0 spiro atoms. The largest absolute Gasteiger partial charge is 0.369 e. The van der Waals surface area contributed by atoms with Crippen molar-refractivity contribution in [3.63, 3.8) is 0 Å². The first-order chi connectivity index (χ1) is 14.5. The van der Waals surface area contributed by atoms with Crippen LogP contribution in [0.4, 0.5) is 5.13 Å². The van der Waals surface area contributed by atoms with Crippen LogP contribution >= 0.6 is 11.3 Å². The van der Waals surface area contributed by atoms with Crippen LogP contribution < -0.4 is 16.6 Å². The molecule has 1 amide bonds. The molecule has 9 heteroatoms. The summed E-state index contributed by atoms with van der Waals surface area (Å²) in [5.74, 6) is -0.249. The predicted molar refractivity (Wildman–Crippen MR) is 117 cm³/mol. The molecular weight excluding hydrogens is 400 g/mol. The first-order valence-electron chi connectivity index (χ1n) is 10.2. The molecule has 3 heterocycles. The number of aryl methyl sites for hydroxylation is 1. The summed E-state index contributed by atoms with van der Waals surface area (Å²) in [6.45, 7) is 5.10. The number of carbonyl (C=O) groups excluding carboxylic acids is 1. The lowest BCUT2D eigenvalue weighted by molar-refractivity contribution is -0.123. The van der Waals surface area contributed by atoms with Gasteiger partial charge in [-0.1, -0.05) is 42.5 Å². The molecule has 4 rings (SSSR count). The molecule has 0 radical (unpaired) electrons. The van der Waals surface area contributed by atoms with Crippen LogP contribution in [0.3, 0.4) is 0 Å². The lowest BCUT2D eigenvalue weighted by Gasteiger charge is -2.31. The van der Waals surface area contributed by atoms with Gasteiger partial charge in [0.2, 0.25) is 16.0 Å². The van der Waals surface area contributed by atoms with Crippen molar-refractivity contribution in [2.45, 2.75) is 39.3 Å². The highest BCUT2D eigenvalue weighted by molar-refractivity contribution is 7.20. The fourth-order valence-electron chi connectivity index (χ4n) is 3.81. The average Bonchev–Trinajstić information content (AvgIpc) is 3.16. The number of hydrogen-bond donors (Lipinski definition) is 2. The molecule has 1 aliphatic heterocycles. The highest BCUT2D eigenvalue weighted by atomic mass is 32.1. The Bertz CT molecular complexity index is 1110. The van der Waals surface area contributed by atoms with Crippen molar-refractivity contribution in [2.24, 2.45) is 11.7 Å². The minimum atomic E-state index is -0.201. The summed E-state index contributed by atoms with van der Waals surface area (Å²) >= 11 is 1.37. The van der Waals surface area contributed by atoms with Crippen molar-refractivity contribution in [2.75, 3.05) is 18.4 Å². The van der Waals surface area contributed by atoms with E-state index < -0.39 is 0 Å². The van der Waals surface area contributed by atoms with Gasteiger partial charge in [-0.15, -0.1) is 5.10 Å². The van der Waals surface area contributed by atoms with E-state index in [2.05, 4.69) is 38.5 Å². The minimum Gasteiger partial charge on any atom is -0.369 e. The van der Waals surface area contributed by atoms with Crippen LogP contribution in [-0.4, -0.2) is 38.5 Å². The normalized spacial score (nSPS) is 17.3. The Morgan fingerprint density at radius 3 is 2.97 bits per heavy atom. The van der Waals surface area contributed by atoms with E-state index in [1.807, 2.05) is 13.0 Å². The number of nitrogens with zero attached hydrogens (tertiary/aromatic N) is 4. The second-order valence-electron chi connectivity index (χ2n) is 7.69. The summed E-state index contributed by atoms with van der Waals surface area (Å²) in [7, 11) is 0. The molecule has 0 saturated carbocycles. The van der Waals surface area contributed by atoms with Gasteiger partial charge in [0.25, 0.3) is 5.56 Å². The monoisotopic (exact) mass is 426 g/mol. The van der Waals surface area contributed by atoms with Crippen molar-refractivity contribution in [1.29, 1.82) is 0 Å². The van der Waals surface area contributed by atoms with Gasteiger partial charge >= 0.3 is 0 Å². The Balaban J connectivity index is 1.41. The Hall–Kier alpha value is -2.78. The fourth-order valence-corrected chi connectivity index (χ4v) is 4.63. The summed E-state index contributed by atoms with van der Waals surface area (Å²) in [6.07, 6.45) is 2.60. The average molecular weight is 427 g/mol. The van der Waals surface area contributed by atoms with Crippen LogP contribution in [0, 0.1) is 5.92 Å². The SMILES string of the molecule is CCc1cc(=O)n2nc(NCc3cccc(CN4CCCC(C(N)=O)C4)c3)sc2n1. The molecule has 1 saturated heterocycles. The van der Waals surface area contributed by atoms with E-state index in [1.165, 1.54) is 27.5 Å². The van der Waals surface area contributed by atoms with E-state index in [4.69, 9.17) is 5.73 Å². The van der Waals surface area contributed by atoms with E-state index in [-0.39, 0.29) is 17.4 Å². The van der Waals surface area contributed by atoms with Crippen molar-refractivity contribution in [3.8, 4) is 0 Å². The van der Waals surface area contributed by atoms with Gasteiger partial charge < -0.3 is 11.1 Å². The summed E-state index contributed by atoms with van der Waals surface area (Å²) in [4.78, 5) is 31.0. The zero-order valence-electron chi connectivity index (χ0n) is 17.0. The standard InChI is InChI=1S/C21H26N6O2S/c1-2-17-10-18(28)27-21(24-17)30-20(25-27)23-11-14-5-3-6-15(9-14)12-26-8-4-7-16(13-26)19(22)29/h3,5-6,9-10,16H,2,4,7-8,11-13H2,1H3,(H2,22,29)(H,23,25). The number of likely N-dealkylation sites (tertiary alicyclic amines) is 1. The Kier molecular flexibility index (Phi) is 6.10. The van der Waals surface area contributed by atoms with Crippen molar-refractivity contribution >= 4 is 27.3 Å². The molecular formula is C21H26N6O2S. The van der Waals surface area contributed by atoms with Gasteiger partial charge in [0.05, 0.1) is 5.92 Å². The third-order valence-corrected chi connectivity index (χ3v) is 6.28. The lowest BCUT2D eigenvalue weighted by atomic mass is 9.97. The Morgan fingerprint density at radius 1 is 1.33 bits per heavy atom. The fraction of sp³-hybridized carbons (Fsp3) is 0.429. The molecule has 3 N–H and O–H groups in total. The van der Waals surface area contributed by atoms with E-state index in [0.29, 0.717) is 16.6 Å². The maximum absolute atomic E-state index is 12.2. The van der Waals surface area contributed by atoms with Crippen LogP contribution in [-0.2, 0) is 24.3 Å². The highest BCUT2D eigenvalue weighted by Crippen LogP contribution is 2.20. The van der Waals surface area contributed by atoms with Gasteiger partial charge in [0.15, 0.2) is 0 Å². The van der Waals surface area contributed by atoms with E-state index in [0.717, 1.165) is 50.2 Å². The molecule has 1 unspecified atom stereocenters. The van der Waals surface area contributed by atoms with Gasteiger partial charge in [-0.2, -0.15) is 4.52 Å². The molecule has 30 heavy (non-hydrogen) atoms. The third-order valence-electron chi connectivity index (χ3n) is 5.41. The van der Waals surface area contributed by atoms with Gasteiger partial charge in [0, 0.05) is 31.4 Å². The molecule has 1 aliphatic rings. The van der Waals surface area contributed by atoms with Gasteiger partial charge in [0.1, 0.15) is 0 Å². The number of amides is 1.